The standard InChI is InChI=1S/C29H31N5O4S/c1-39(36,37)26-13-9-23(10-14-26)28(15-30)38-25-11-7-22(8-12-25)27-19-34(20-32-27)29(35)31-16-21-17-33(18-21)24-5-3-2-4-6-24/h2-14,19-21,28H,15-18,30H2,1H3,(H,31,35). The van der Waals surface area contributed by atoms with Gasteiger partial charge < -0.3 is 20.7 Å². The molecule has 39 heavy (non-hydrogen) atoms. The van der Waals surface area contributed by atoms with Gasteiger partial charge >= 0.3 is 6.03 Å². The van der Waals surface area contributed by atoms with Crippen molar-refractivity contribution in [2.75, 3.05) is 37.3 Å². The minimum atomic E-state index is -3.27. The Hall–Kier alpha value is -4.15. The topological polar surface area (TPSA) is 120 Å². The number of para-hydroxylation sites is 1. The molecule has 3 N–H and O–H groups in total. The van der Waals surface area contributed by atoms with Crippen molar-refractivity contribution in [2.24, 2.45) is 11.7 Å². The van der Waals surface area contributed by atoms with Crippen LogP contribution in [0.2, 0.25) is 0 Å². The molecule has 0 bridgehead atoms. The third kappa shape index (κ3) is 6.30. The molecule has 1 saturated heterocycles. The second kappa shape index (κ2) is 11.3. The number of hydrogen-bond donors (Lipinski definition) is 2. The van der Waals surface area contributed by atoms with Crippen molar-refractivity contribution in [1.82, 2.24) is 14.9 Å². The number of anilines is 1. The molecule has 2 heterocycles. The Labute approximate surface area is 228 Å². The predicted octanol–water partition coefficient (Wildman–Crippen LogP) is 3.73. The van der Waals surface area contributed by atoms with Crippen LogP contribution in [0.4, 0.5) is 10.5 Å². The first kappa shape index (κ1) is 26.5. The number of imidazole rings is 1. The van der Waals surface area contributed by atoms with E-state index >= 15 is 0 Å². The third-order valence-corrected chi connectivity index (χ3v) is 7.89. The Morgan fingerprint density at radius 2 is 1.74 bits per heavy atom. The van der Waals surface area contributed by atoms with Crippen molar-refractivity contribution in [3.05, 3.63) is 97.0 Å². The van der Waals surface area contributed by atoms with Crippen LogP contribution in [0.15, 0.2) is 96.3 Å². The van der Waals surface area contributed by atoms with Crippen LogP contribution in [0, 0.1) is 5.92 Å². The summed E-state index contributed by atoms with van der Waals surface area (Å²) in [5, 5.41) is 2.99. The molecule has 0 saturated carbocycles. The highest BCUT2D eigenvalue weighted by molar-refractivity contribution is 7.90. The normalized spacial score (nSPS) is 14.5. The largest absolute Gasteiger partial charge is 0.484 e. The van der Waals surface area contributed by atoms with E-state index in [1.54, 1.807) is 30.5 Å². The van der Waals surface area contributed by atoms with E-state index in [0.717, 1.165) is 24.2 Å². The molecule has 0 radical (unpaired) electrons. The molecular formula is C29H31N5O4S. The van der Waals surface area contributed by atoms with Gasteiger partial charge in [-0.3, -0.25) is 4.57 Å². The second-order valence-corrected chi connectivity index (χ2v) is 11.7. The number of hydrogen-bond acceptors (Lipinski definition) is 7. The summed E-state index contributed by atoms with van der Waals surface area (Å²) < 4.78 is 30.9. The van der Waals surface area contributed by atoms with Crippen molar-refractivity contribution < 1.29 is 17.9 Å². The van der Waals surface area contributed by atoms with Crippen LogP contribution in [0.5, 0.6) is 5.75 Å². The van der Waals surface area contributed by atoms with Crippen LogP contribution in [0.1, 0.15) is 11.7 Å². The van der Waals surface area contributed by atoms with Gasteiger partial charge in [0.25, 0.3) is 0 Å². The maximum absolute atomic E-state index is 12.6. The molecule has 5 rings (SSSR count). The minimum absolute atomic E-state index is 0.209. The van der Waals surface area contributed by atoms with Gasteiger partial charge in [0, 0.05) is 55.8 Å². The third-order valence-electron chi connectivity index (χ3n) is 6.76. The molecule has 1 aliphatic rings. The highest BCUT2D eigenvalue weighted by atomic mass is 32.2. The average molecular weight is 546 g/mol. The Morgan fingerprint density at radius 3 is 2.38 bits per heavy atom. The molecule has 1 unspecified atom stereocenters. The molecule has 9 nitrogen and oxygen atoms in total. The van der Waals surface area contributed by atoms with E-state index in [2.05, 4.69) is 27.3 Å². The summed E-state index contributed by atoms with van der Waals surface area (Å²) in [6, 6.07) is 23.9. The number of ether oxygens (including phenoxy) is 1. The van der Waals surface area contributed by atoms with Gasteiger partial charge in [-0.05, 0) is 54.1 Å². The van der Waals surface area contributed by atoms with Gasteiger partial charge in [-0.2, -0.15) is 0 Å². The summed E-state index contributed by atoms with van der Waals surface area (Å²) in [5.41, 5.74) is 9.42. The lowest BCUT2D eigenvalue weighted by Crippen LogP contribution is -2.51. The van der Waals surface area contributed by atoms with Gasteiger partial charge in [0.15, 0.2) is 9.84 Å². The predicted molar refractivity (Wildman–Crippen MR) is 151 cm³/mol. The molecule has 4 aromatic rings. The first-order chi connectivity index (χ1) is 18.8. The van der Waals surface area contributed by atoms with Crippen molar-refractivity contribution in [3.8, 4) is 17.0 Å². The molecule has 1 aromatic heterocycles. The zero-order valence-corrected chi connectivity index (χ0v) is 22.4. The van der Waals surface area contributed by atoms with Crippen LogP contribution in [-0.4, -0.2) is 56.4 Å². The quantitative estimate of drug-likeness (QED) is 0.329. The highest BCUT2D eigenvalue weighted by Gasteiger charge is 2.27. The van der Waals surface area contributed by atoms with Gasteiger partial charge in [-0.15, -0.1) is 0 Å². The van der Waals surface area contributed by atoms with Gasteiger partial charge in [-0.1, -0.05) is 30.3 Å². The zero-order valence-electron chi connectivity index (χ0n) is 21.6. The van der Waals surface area contributed by atoms with Gasteiger partial charge in [-0.25, -0.2) is 18.2 Å². The van der Waals surface area contributed by atoms with Gasteiger partial charge in [0.05, 0.1) is 10.6 Å². The van der Waals surface area contributed by atoms with Crippen LogP contribution in [0.3, 0.4) is 0 Å². The van der Waals surface area contributed by atoms with E-state index in [0.29, 0.717) is 23.9 Å². The lowest BCUT2D eigenvalue weighted by molar-refractivity contribution is 0.214. The Balaban J connectivity index is 1.14. The molecule has 1 amide bonds. The molecule has 1 atom stereocenters. The van der Waals surface area contributed by atoms with Crippen molar-refractivity contribution in [2.45, 2.75) is 11.0 Å². The second-order valence-electron chi connectivity index (χ2n) is 9.67. The summed E-state index contributed by atoms with van der Waals surface area (Å²) in [6.45, 7) is 2.68. The number of rotatable bonds is 9. The van der Waals surface area contributed by atoms with Crippen LogP contribution < -0.4 is 20.7 Å². The number of aromatic nitrogens is 2. The monoisotopic (exact) mass is 545 g/mol. The Kier molecular flexibility index (Phi) is 7.67. The fourth-order valence-corrected chi connectivity index (χ4v) is 5.14. The number of nitrogens with zero attached hydrogens (tertiary/aromatic N) is 3. The molecule has 1 aliphatic heterocycles. The van der Waals surface area contributed by atoms with Crippen molar-refractivity contribution >= 4 is 21.6 Å². The molecule has 0 aliphatic carbocycles. The van der Waals surface area contributed by atoms with E-state index in [1.807, 2.05) is 42.5 Å². The zero-order chi connectivity index (χ0) is 27.4. The number of carbonyl (C=O) groups excluding carboxylic acids is 1. The maximum Gasteiger partial charge on any atom is 0.326 e. The number of sulfone groups is 1. The van der Waals surface area contributed by atoms with E-state index in [1.165, 1.54) is 22.8 Å². The number of nitrogens with one attached hydrogen (secondary N) is 1. The summed E-state index contributed by atoms with van der Waals surface area (Å²) in [7, 11) is -3.27. The molecule has 3 aromatic carbocycles. The first-order valence-electron chi connectivity index (χ1n) is 12.7. The van der Waals surface area contributed by atoms with E-state index in [-0.39, 0.29) is 17.5 Å². The molecule has 10 heteroatoms. The smallest absolute Gasteiger partial charge is 0.326 e. The first-order valence-corrected chi connectivity index (χ1v) is 14.6. The van der Waals surface area contributed by atoms with Gasteiger partial charge in [0.2, 0.25) is 0 Å². The summed E-state index contributed by atoms with van der Waals surface area (Å²) in [5.74, 6) is 1.03. The fraction of sp³-hybridized carbons (Fsp3) is 0.241. The van der Waals surface area contributed by atoms with E-state index in [9.17, 15) is 13.2 Å². The van der Waals surface area contributed by atoms with Gasteiger partial charge in [0.1, 0.15) is 18.2 Å². The lowest BCUT2D eigenvalue weighted by atomic mass is 9.99. The molecule has 202 valence electrons. The van der Waals surface area contributed by atoms with Crippen molar-refractivity contribution in [3.63, 3.8) is 0 Å². The van der Waals surface area contributed by atoms with Crippen LogP contribution >= 0.6 is 0 Å². The average Bonchev–Trinajstić information content (AvgIpc) is 3.42. The number of nitrogens with two attached hydrogens (primary N) is 1. The fourth-order valence-electron chi connectivity index (χ4n) is 4.50. The maximum atomic E-state index is 12.6. The minimum Gasteiger partial charge on any atom is -0.484 e. The molecular weight excluding hydrogens is 514 g/mol. The number of benzene rings is 3. The Bertz CT molecular complexity index is 1510. The summed E-state index contributed by atoms with van der Waals surface area (Å²) in [6.07, 6.45) is 3.96. The lowest BCUT2D eigenvalue weighted by Gasteiger charge is -2.41. The van der Waals surface area contributed by atoms with E-state index in [4.69, 9.17) is 10.5 Å². The molecule has 0 spiro atoms. The SMILES string of the molecule is CS(=O)(=O)c1ccc(C(CN)Oc2ccc(-c3cn(C(=O)NCC4CN(c5ccccc5)C4)cn3)cc2)cc1. The van der Waals surface area contributed by atoms with Crippen molar-refractivity contribution in [1.29, 1.82) is 0 Å². The highest BCUT2D eigenvalue weighted by Crippen LogP contribution is 2.26. The van der Waals surface area contributed by atoms with Crippen LogP contribution in [-0.2, 0) is 9.84 Å². The summed E-state index contributed by atoms with van der Waals surface area (Å²) >= 11 is 0. The summed E-state index contributed by atoms with van der Waals surface area (Å²) in [4.78, 5) is 19.6. The Morgan fingerprint density at radius 1 is 1.05 bits per heavy atom. The number of carbonyl (C=O) groups is 1. The van der Waals surface area contributed by atoms with Crippen LogP contribution in [0.25, 0.3) is 11.3 Å². The number of amides is 1. The van der Waals surface area contributed by atoms with E-state index < -0.39 is 15.9 Å². The molecule has 1 fully saturated rings.